The number of aliphatic hydroxyl groups is 1. The van der Waals surface area contributed by atoms with Crippen LogP contribution in [0.5, 0.6) is 0 Å². The summed E-state index contributed by atoms with van der Waals surface area (Å²) in [5.41, 5.74) is 2.80. The van der Waals surface area contributed by atoms with Crippen LogP contribution in [0.4, 0.5) is 0 Å². The highest BCUT2D eigenvalue weighted by Gasteiger charge is 2.34. The van der Waals surface area contributed by atoms with Crippen molar-refractivity contribution in [1.82, 2.24) is 4.57 Å². The number of hydrogen-bond acceptors (Lipinski definition) is 1. The molecule has 1 aromatic heterocycles. The van der Waals surface area contributed by atoms with Gasteiger partial charge in [-0.3, -0.25) is 0 Å². The van der Waals surface area contributed by atoms with E-state index in [0.29, 0.717) is 0 Å². The Morgan fingerprint density at radius 1 is 1.37 bits per heavy atom. The van der Waals surface area contributed by atoms with Crippen molar-refractivity contribution >= 4 is 0 Å². The second-order valence-electron chi connectivity index (χ2n) is 7.60. The maximum Gasteiger partial charge on any atom is 0.0812 e. The van der Waals surface area contributed by atoms with Gasteiger partial charge in [-0.05, 0) is 42.6 Å². The van der Waals surface area contributed by atoms with E-state index in [9.17, 15) is 5.11 Å². The van der Waals surface area contributed by atoms with E-state index >= 15 is 0 Å². The second kappa shape index (κ2) is 4.66. The lowest BCUT2D eigenvalue weighted by atomic mass is 9.75. The van der Waals surface area contributed by atoms with Crippen molar-refractivity contribution in [3.05, 3.63) is 23.5 Å². The Morgan fingerprint density at radius 2 is 2.16 bits per heavy atom. The third kappa shape index (κ3) is 2.47. The van der Waals surface area contributed by atoms with Gasteiger partial charge >= 0.3 is 0 Å². The minimum atomic E-state index is -0.263. The van der Waals surface area contributed by atoms with E-state index in [4.69, 9.17) is 0 Å². The summed E-state index contributed by atoms with van der Waals surface area (Å²) in [6.45, 7) is 8.09. The number of nitrogens with zero attached hydrogens (tertiary/aromatic N) is 1. The monoisotopic (exact) mass is 261 g/mol. The van der Waals surface area contributed by atoms with Gasteiger partial charge in [-0.25, -0.2) is 0 Å². The van der Waals surface area contributed by atoms with Gasteiger partial charge in [0.25, 0.3) is 0 Å². The van der Waals surface area contributed by atoms with E-state index in [1.165, 1.54) is 30.5 Å². The van der Waals surface area contributed by atoms with E-state index in [0.717, 1.165) is 31.2 Å². The molecule has 0 saturated heterocycles. The molecule has 3 atom stereocenters. The molecule has 3 unspecified atom stereocenters. The van der Waals surface area contributed by atoms with E-state index in [-0.39, 0.29) is 11.5 Å². The van der Waals surface area contributed by atoms with Crippen LogP contribution in [0, 0.1) is 17.3 Å². The van der Waals surface area contributed by atoms with Crippen LogP contribution in [-0.2, 0) is 13.0 Å². The lowest BCUT2D eigenvalue weighted by Crippen LogP contribution is -2.27. The van der Waals surface area contributed by atoms with Crippen molar-refractivity contribution < 1.29 is 5.11 Å². The molecular weight excluding hydrogens is 234 g/mol. The molecule has 2 nitrogen and oxygen atoms in total. The maximum atomic E-state index is 10.3. The molecule has 0 aliphatic heterocycles. The first-order valence-electron chi connectivity index (χ1n) is 7.82. The van der Waals surface area contributed by atoms with Gasteiger partial charge in [0.1, 0.15) is 0 Å². The zero-order valence-electron chi connectivity index (χ0n) is 12.5. The minimum Gasteiger partial charge on any atom is -0.388 e. The molecule has 1 heterocycles. The summed E-state index contributed by atoms with van der Waals surface area (Å²) in [6, 6.07) is 2.15. The van der Waals surface area contributed by atoms with Gasteiger partial charge in [0.2, 0.25) is 0 Å². The van der Waals surface area contributed by atoms with Crippen molar-refractivity contribution in [2.75, 3.05) is 0 Å². The molecule has 1 N–H and O–H groups in total. The topological polar surface area (TPSA) is 25.2 Å². The maximum absolute atomic E-state index is 10.3. The number of rotatable bonds is 2. The van der Waals surface area contributed by atoms with Crippen LogP contribution < -0.4 is 0 Å². The number of aromatic nitrogens is 1. The zero-order chi connectivity index (χ0) is 13.6. The lowest BCUT2D eigenvalue weighted by Gasteiger charge is -2.34. The summed E-state index contributed by atoms with van der Waals surface area (Å²) < 4.78 is 2.44. The van der Waals surface area contributed by atoms with Crippen LogP contribution in [0.2, 0.25) is 0 Å². The Morgan fingerprint density at radius 3 is 2.84 bits per heavy atom. The van der Waals surface area contributed by atoms with E-state index < -0.39 is 0 Å². The SMILES string of the molecule is CC1CCCC1Cn1ccc2c1CC(C)(C)CC2O. The van der Waals surface area contributed by atoms with Gasteiger partial charge in [0.05, 0.1) is 6.10 Å². The quantitative estimate of drug-likeness (QED) is 0.857. The van der Waals surface area contributed by atoms with Gasteiger partial charge in [0, 0.05) is 24.0 Å². The fourth-order valence-corrected chi connectivity index (χ4v) is 4.11. The van der Waals surface area contributed by atoms with Crippen molar-refractivity contribution in [1.29, 1.82) is 0 Å². The summed E-state index contributed by atoms with van der Waals surface area (Å²) in [7, 11) is 0. The Hall–Kier alpha value is -0.760. The van der Waals surface area contributed by atoms with Crippen LogP contribution in [0.25, 0.3) is 0 Å². The number of aliphatic hydroxyl groups excluding tert-OH is 1. The molecule has 2 aliphatic carbocycles. The molecule has 0 radical (unpaired) electrons. The Labute approximate surface area is 116 Å². The molecule has 1 saturated carbocycles. The normalized spacial score (nSPS) is 33.4. The molecule has 106 valence electrons. The highest BCUT2D eigenvalue weighted by molar-refractivity contribution is 5.29. The van der Waals surface area contributed by atoms with Crippen LogP contribution in [0.1, 0.15) is 63.8 Å². The molecule has 2 heteroatoms. The fraction of sp³-hybridized carbons (Fsp3) is 0.765. The molecule has 0 spiro atoms. The smallest absolute Gasteiger partial charge is 0.0812 e. The molecule has 1 aromatic rings. The predicted molar refractivity (Wildman–Crippen MR) is 78.0 cm³/mol. The average molecular weight is 261 g/mol. The molecular formula is C17H27NO. The molecule has 1 fully saturated rings. The van der Waals surface area contributed by atoms with Crippen LogP contribution in [0.3, 0.4) is 0 Å². The van der Waals surface area contributed by atoms with Gasteiger partial charge < -0.3 is 9.67 Å². The first kappa shape index (κ1) is 13.2. The highest BCUT2D eigenvalue weighted by atomic mass is 16.3. The molecule has 19 heavy (non-hydrogen) atoms. The van der Waals surface area contributed by atoms with Crippen LogP contribution in [0.15, 0.2) is 12.3 Å². The third-order valence-electron chi connectivity index (χ3n) is 5.34. The lowest BCUT2D eigenvalue weighted by molar-refractivity contribution is 0.0975. The van der Waals surface area contributed by atoms with Crippen molar-refractivity contribution in [3.8, 4) is 0 Å². The van der Waals surface area contributed by atoms with Crippen LogP contribution in [-0.4, -0.2) is 9.67 Å². The molecule has 3 rings (SSSR count). The van der Waals surface area contributed by atoms with Crippen molar-refractivity contribution in [3.63, 3.8) is 0 Å². The summed E-state index contributed by atoms with van der Waals surface area (Å²) >= 11 is 0. The van der Waals surface area contributed by atoms with Gasteiger partial charge in [-0.15, -0.1) is 0 Å². The molecule has 0 bridgehead atoms. The van der Waals surface area contributed by atoms with E-state index in [1.807, 2.05) is 0 Å². The summed E-state index contributed by atoms with van der Waals surface area (Å²) in [4.78, 5) is 0. The zero-order valence-corrected chi connectivity index (χ0v) is 12.5. The summed E-state index contributed by atoms with van der Waals surface area (Å²) in [5, 5.41) is 10.3. The van der Waals surface area contributed by atoms with Gasteiger partial charge in [-0.1, -0.05) is 33.6 Å². The summed E-state index contributed by atoms with van der Waals surface area (Å²) in [5.74, 6) is 1.69. The van der Waals surface area contributed by atoms with Crippen molar-refractivity contribution in [2.45, 2.75) is 65.5 Å². The van der Waals surface area contributed by atoms with E-state index in [1.54, 1.807) is 0 Å². The Kier molecular flexibility index (Phi) is 3.24. The predicted octanol–water partition coefficient (Wildman–Crippen LogP) is 3.93. The standard InChI is InChI=1S/C17H27NO/c1-12-5-4-6-13(12)11-18-8-7-14-15(18)9-17(2,3)10-16(14)19/h7-8,12-13,16,19H,4-6,9-11H2,1-3H3. The largest absolute Gasteiger partial charge is 0.388 e. The second-order valence-corrected chi connectivity index (χ2v) is 7.60. The van der Waals surface area contributed by atoms with Crippen molar-refractivity contribution in [2.24, 2.45) is 17.3 Å². The molecule has 0 amide bonds. The number of fused-ring (bicyclic) bond motifs is 1. The minimum absolute atomic E-state index is 0.226. The molecule has 0 aromatic carbocycles. The van der Waals surface area contributed by atoms with Crippen LogP contribution >= 0.6 is 0 Å². The Balaban J connectivity index is 1.84. The average Bonchev–Trinajstić information content (AvgIpc) is 2.87. The fourth-order valence-electron chi connectivity index (χ4n) is 4.11. The first-order valence-corrected chi connectivity index (χ1v) is 7.82. The summed E-state index contributed by atoms with van der Waals surface area (Å²) in [6.07, 6.45) is 8.10. The van der Waals surface area contributed by atoms with E-state index in [2.05, 4.69) is 37.6 Å². The third-order valence-corrected chi connectivity index (χ3v) is 5.34. The highest BCUT2D eigenvalue weighted by Crippen LogP contribution is 2.42. The first-order chi connectivity index (χ1) is 8.96. The Bertz CT molecular complexity index is 460. The number of hydrogen-bond donors (Lipinski definition) is 1. The van der Waals surface area contributed by atoms with Gasteiger partial charge in [0.15, 0.2) is 0 Å². The van der Waals surface area contributed by atoms with Gasteiger partial charge in [-0.2, -0.15) is 0 Å². The molecule has 2 aliphatic rings.